The van der Waals surface area contributed by atoms with Gasteiger partial charge >= 0.3 is 6.01 Å². The van der Waals surface area contributed by atoms with E-state index < -0.39 is 0 Å². The van der Waals surface area contributed by atoms with Gasteiger partial charge < -0.3 is 4.42 Å². The molecule has 0 unspecified atom stereocenters. The molecule has 0 saturated carbocycles. The second-order valence-corrected chi connectivity index (χ2v) is 7.79. The highest BCUT2D eigenvalue weighted by atomic mass is 35.5. The topological polar surface area (TPSA) is 68.0 Å². The molecule has 140 valence electrons. The van der Waals surface area contributed by atoms with Gasteiger partial charge in [-0.1, -0.05) is 34.4 Å². The number of carbonyl (C=O) groups is 1. The summed E-state index contributed by atoms with van der Waals surface area (Å²) in [4.78, 5) is 13.2. The average molecular weight is 402 g/mol. The van der Waals surface area contributed by atoms with E-state index in [4.69, 9.17) is 16.0 Å². The number of aromatic nitrogens is 2. The van der Waals surface area contributed by atoms with Crippen LogP contribution in [0.25, 0.3) is 11.5 Å². The molecule has 2 aromatic carbocycles. The van der Waals surface area contributed by atoms with Gasteiger partial charge in [-0.2, -0.15) is 0 Å². The summed E-state index contributed by atoms with van der Waals surface area (Å²) in [6, 6.07) is 13.8. The largest absolute Gasteiger partial charge is 0.403 e. The molecule has 1 aromatic heterocycles. The molecule has 0 fully saturated rings. The molecule has 3 rings (SSSR count). The monoisotopic (exact) mass is 401 g/mol. The van der Waals surface area contributed by atoms with Crippen LogP contribution in [0.2, 0.25) is 5.02 Å². The third-order valence-corrected chi connectivity index (χ3v) is 5.28. The number of amides is 1. The van der Waals surface area contributed by atoms with Crippen LogP contribution in [-0.4, -0.2) is 21.9 Å². The van der Waals surface area contributed by atoms with Crippen LogP contribution in [0.4, 0.5) is 6.01 Å². The molecule has 27 heavy (non-hydrogen) atoms. The summed E-state index contributed by atoms with van der Waals surface area (Å²) in [6.07, 6.45) is 1.14. The molecule has 0 aliphatic rings. The summed E-state index contributed by atoms with van der Waals surface area (Å²) >= 11 is 7.56. The van der Waals surface area contributed by atoms with E-state index in [1.165, 1.54) is 0 Å². The Morgan fingerprint density at radius 1 is 1.15 bits per heavy atom. The Morgan fingerprint density at radius 2 is 1.93 bits per heavy atom. The number of aryl methyl sites for hydroxylation is 2. The minimum Gasteiger partial charge on any atom is -0.403 e. The molecule has 1 heterocycles. The zero-order valence-corrected chi connectivity index (χ0v) is 16.7. The standard InChI is InChI=1S/C20H20ClN3O2S/c1-13-5-6-14(2)17(12-13)19-23-24-20(26-19)22-18(25)4-3-11-27-16-9-7-15(21)8-10-16/h5-10,12H,3-4,11H2,1-2H3,(H,22,24,25). The van der Waals surface area contributed by atoms with Gasteiger partial charge in [0.2, 0.25) is 11.8 Å². The van der Waals surface area contributed by atoms with Crippen LogP contribution in [0.5, 0.6) is 0 Å². The summed E-state index contributed by atoms with van der Waals surface area (Å²) in [5, 5.41) is 11.3. The van der Waals surface area contributed by atoms with Gasteiger partial charge in [-0.25, -0.2) is 0 Å². The summed E-state index contributed by atoms with van der Waals surface area (Å²) in [7, 11) is 0. The van der Waals surface area contributed by atoms with Crippen LogP contribution in [-0.2, 0) is 4.79 Å². The molecule has 0 spiro atoms. The first-order valence-electron chi connectivity index (χ1n) is 8.60. The van der Waals surface area contributed by atoms with Gasteiger partial charge in [0.05, 0.1) is 0 Å². The number of halogens is 1. The van der Waals surface area contributed by atoms with Gasteiger partial charge in [-0.05, 0) is 61.9 Å². The molecule has 5 nitrogen and oxygen atoms in total. The highest BCUT2D eigenvalue weighted by Gasteiger charge is 2.13. The van der Waals surface area contributed by atoms with E-state index in [1.54, 1.807) is 11.8 Å². The van der Waals surface area contributed by atoms with E-state index in [2.05, 4.69) is 15.5 Å². The SMILES string of the molecule is Cc1ccc(C)c(-c2nnc(NC(=O)CCCSc3ccc(Cl)cc3)o2)c1. The Bertz CT molecular complexity index is 925. The van der Waals surface area contributed by atoms with Crippen molar-refractivity contribution in [1.29, 1.82) is 0 Å². The molecule has 1 N–H and O–H groups in total. The maximum absolute atomic E-state index is 12.1. The predicted molar refractivity (Wildman–Crippen MR) is 109 cm³/mol. The molecule has 7 heteroatoms. The fraction of sp³-hybridized carbons (Fsp3) is 0.250. The van der Waals surface area contributed by atoms with Crippen molar-refractivity contribution in [2.75, 3.05) is 11.1 Å². The van der Waals surface area contributed by atoms with Crippen LogP contribution in [0.3, 0.4) is 0 Å². The zero-order valence-electron chi connectivity index (χ0n) is 15.2. The van der Waals surface area contributed by atoms with Crippen molar-refractivity contribution in [3.8, 4) is 11.5 Å². The molecule has 0 bridgehead atoms. The molecule has 0 saturated heterocycles. The number of nitrogens with zero attached hydrogens (tertiary/aromatic N) is 2. The number of thioether (sulfide) groups is 1. The molecular weight excluding hydrogens is 382 g/mol. The van der Waals surface area contributed by atoms with Gasteiger partial charge in [0.25, 0.3) is 0 Å². The number of anilines is 1. The van der Waals surface area contributed by atoms with Gasteiger partial charge in [0, 0.05) is 21.9 Å². The van der Waals surface area contributed by atoms with Gasteiger partial charge in [-0.15, -0.1) is 16.9 Å². The second-order valence-electron chi connectivity index (χ2n) is 6.18. The minimum atomic E-state index is -0.136. The maximum Gasteiger partial charge on any atom is 0.322 e. The molecule has 0 aliphatic carbocycles. The lowest BCUT2D eigenvalue weighted by Crippen LogP contribution is -2.11. The molecule has 3 aromatic rings. The van der Waals surface area contributed by atoms with E-state index in [0.29, 0.717) is 12.3 Å². The highest BCUT2D eigenvalue weighted by Crippen LogP contribution is 2.25. The maximum atomic E-state index is 12.1. The minimum absolute atomic E-state index is 0.126. The Labute approximate surface area is 167 Å². The summed E-state index contributed by atoms with van der Waals surface area (Å²) in [5.41, 5.74) is 3.03. The van der Waals surface area contributed by atoms with Crippen molar-refractivity contribution >= 4 is 35.3 Å². The third-order valence-electron chi connectivity index (χ3n) is 3.93. The van der Waals surface area contributed by atoms with E-state index in [9.17, 15) is 4.79 Å². The lowest BCUT2D eigenvalue weighted by Gasteiger charge is -2.03. The molecule has 0 radical (unpaired) electrons. The van der Waals surface area contributed by atoms with Gasteiger partial charge in [0.15, 0.2) is 0 Å². The Morgan fingerprint density at radius 3 is 2.70 bits per heavy atom. The van der Waals surface area contributed by atoms with Gasteiger partial charge in [-0.3, -0.25) is 10.1 Å². The number of carbonyl (C=O) groups excluding carboxylic acids is 1. The van der Waals surface area contributed by atoms with Crippen LogP contribution in [0.1, 0.15) is 24.0 Å². The van der Waals surface area contributed by atoms with Crippen LogP contribution >= 0.6 is 23.4 Å². The number of rotatable bonds is 7. The van der Waals surface area contributed by atoms with E-state index in [0.717, 1.165) is 38.8 Å². The highest BCUT2D eigenvalue weighted by molar-refractivity contribution is 7.99. The first-order chi connectivity index (χ1) is 13.0. The predicted octanol–water partition coefficient (Wildman–Crippen LogP) is 5.52. The van der Waals surface area contributed by atoms with Crippen molar-refractivity contribution in [3.05, 3.63) is 58.6 Å². The Hall–Kier alpha value is -2.31. The Balaban J connectivity index is 1.48. The van der Waals surface area contributed by atoms with E-state index >= 15 is 0 Å². The molecule has 0 aliphatic heterocycles. The lowest BCUT2D eigenvalue weighted by atomic mass is 10.1. The zero-order chi connectivity index (χ0) is 19.2. The fourth-order valence-electron chi connectivity index (χ4n) is 2.48. The molecule has 1 amide bonds. The van der Waals surface area contributed by atoms with E-state index in [-0.39, 0.29) is 11.9 Å². The Kier molecular flexibility index (Phi) is 6.53. The van der Waals surface area contributed by atoms with Crippen molar-refractivity contribution in [1.82, 2.24) is 10.2 Å². The first-order valence-corrected chi connectivity index (χ1v) is 9.97. The number of benzene rings is 2. The average Bonchev–Trinajstić information content (AvgIpc) is 3.10. The molecule has 0 atom stereocenters. The third kappa shape index (κ3) is 5.58. The van der Waals surface area contributed by atoms with E-state index in [1.807, 2.05) is 56.3 Å². The lowest BCUT2D eigenvalue weighted by molar-refractivity contribution is -0.116. The number of hydrogen-bond acceptors (Lipinski definition) is 5. The van der Waals surface area contributed by atoms with Crippen molar-refractivity contribution in [2.24, 2.45) is 0 Å². The first kappa shape index (κ1) is 19.5. The number of hydrogen-bond donors (Lipinski definition) is 1. The second kappa shape index (κ2) is 9.06. The quantitative estimate of drug-likeness (QED) is 0.417. The normalized spacial score (nSPS) is 10.8. The van der Waals surface area contributed by atoms with Crippen molar-refractivity contribution in [3.63, 3.8) is 0 Å². The summed E-state index contributed by atoms with van der Waals surface area (Å²) < 4.78 is 5.59. The van der Waals surface area contributed by atoms with Crippen molar-refractivity contribution in [2.45, 2.75) is 31.6 Å². The van der Waals surface area contributed by atoms with Crippen LogP contribution < -0.4 is 5.32 Å². The number of nitrogens with one attached hydrogen (secondary N) is 1. The summed E-state index contributed by atoms with van der Waals surface area (Å²) in [6.45, 7) is 3.99. The molecular formula is C20H20ClN3O2S. The summed E-state index contributed by atoms with van der Waals surface area (Å²) in [5.74, 6) is 1.11. The van der Waals surface area contributed by atoms with Crippen LogP contribution in [0.15, 0.2) is 51.8 Å². The smallest absolute Gasteiger partial charge is 0.322 e. The van der Waals surface area contributed by atoms with Crippen LogP contribution in [0, 0.1) is 13.8 Å². The van der Waals surface area contributed by atoms with Crippen molar-refractivity contribution < 1.29 is 9.21 Å². The fourth-order valence-corrected chi connectivity index (χ4v) is 3.46. The van der Waals surface area contributed by atoms with Gasteiger partial charge in [0.1, 0.15) is 0 Å².